The van der Waals surface area contributed by atoms with E-state index in [1.54, 1.807) is 0 Å². The molecule has 0 bridgehead atoms. The summed E-state index contributed by atoms with van der Waals surface area (Å²) < 4.78 is 0. The minimum Gasteiger partial charge on any atom is -0.257 e. The van der Waals surface area contributed by atoms with E-state index in [0.29, 0.717) is 0 Å². The highest BCUT2D eigenvalue weighted by molar-refractivity contribution is 6.83. The van der Waals surface area contributed by atoms with Crippen molar-refractivity contribution in [3.8, 4) is 11.5 Å². The molecule has 0 aromatic heterocycles. The Morgan fingerprint density at radius 2 is 1.53 bits per heavy atom. The number of nitrogens with zero attached hydrogens (tertiary/aromatic N) is 2. The van der Waals surface area contributed by atoms with Crippen LogP contribution >= 0.6 is 0 Å². The van der Waals surface area contributed by atoms with E-state index in [-0.39, 0.29) is 6.04 Å². The third-order valence-corrected chi connectivity index (χ3v) is 6.07. The molecule has 0 amide bonds. The minimum absolute atomic E-state index is 0.204. The second kappa shape index (κ2) is 8.34. The second-order valence-corrected chi connectivity index (χ2v) is 13.7. The molecule has 1 unspecified atom stereocenters. The molecule has 1 aliphatic rings. The van der Waals surface area contributed by atoms with Crippen molar-refractivity contribution in [1.82, 2.24) is 0 Å². The van der Waals surface area contributed by atoms with Gasteiger partial charge in [0.2, 0.25) is 0 Å². The summed E-state index contributed by atoms with van der Waals surface area (Å²) in [5, 5.41) is 7.22. The number of aryl methyl sites for hydroxylation is 1. The van der Waals surface area contributed by atoms with E-state index in [9.17, 15) is 0 Å². The molecule has 0 saturated carbocycles. The van der Waals surface area contributed by atoms with Gasteiger partial charge in [0.05, 0.1) is 17.4 Å². The molecule has 150 valence electrons. The molecule has 3 aromatic carbocycles. The smallest absolute Gasteiger partial charge is 0.129 e. The first-order valence-corrected chi connectivity index (χ1v) is 14.0. The third kappa shape index (κ3) is 4.72. The Hall–Kier alpha value is -3.09. The van der Waals surface area contributed by atoms with Gasteiger partial charge in [0.1, 0.15) is 8.07 Å². The Kier molecular flexibility index (Phi) is 5.61. The van der Waals surface area contributed by atoms with Gasteiger partial charge in [0.25, 0.3) is 0 Å². The van der Waals surface area contributed by atoms with Gasteiger partial charge in [-0.05, 0) is 42.3 Å². The van der Waals surface area contributed by atoms with Crippen molar-refractivity contribution < 1.29 is 0 Å². The largest absolute Gasteiger partial charge is 0.257 e. The van der Waals surface area contributed by atoms with E-state index in [0.717, 1.165) is 23.4 Å². The van der Waals surface area contributed by atoms with Crippen LogP contribution in [0.25, 0.3) is 0 Å². The number of hydrazone groups is 1. The summed E-state index contributed by atoms with van der Waals surface area (Å²) in [6, 6.07) is 28.0. The monoisotopic (exact) mass is 408 g/mol. The standard InChI is InChI=1S/C27H28N2Si/c1-21-10-16-25(17-11-21)29-27(24-8-6-5-7-9-24)20-26(28-29)23-14-12-22(13-15-23)18-19-30(2,3)4/h5-17,27H,20H2,1-4H3. The maximum Gasteiger partial charge on any atom is 0.129 e. The lowest BCUT2D eigenvalue weighted by molar-refractivity contribution is 0.709. The Labute approximate surface area is 181 Å². The van der Waals surface area contributed by atoms with Gasteiger partial charge in [-0.15, -0.1) is 5.54 Å². The normalized spacial score (nSPS) is 16.1. The lowest BCUT2D eigenvalue weighted by Gasteiger charge is -2.24. The first kappa shape index (κ1) is 20.2. The van der Waals surface area contributed by atoms with Gasteiger partial charge in [-0.1, -0.05) is 85.7 Å². The van der Waals surface area contributed by atoms with Crippen molar-refractivity contribution in [1.29, 1.82) is 0 Å². The van der Waals surface area contributed by atoms with E-state index < -0.39 is 8.07 Å². The van der Waals surface area contributed by atoms with E-state index >= 15 is 0 Å². The van der Waals surface area contributed by atoms with Gasteiger partial charge in [0.15, 0.2) is 0 Å². The Morgan fingerprint density at radius 3 is 2.17 bits per heavy atom. The molecule has 0 fully saturated rings. The van der Waals surface area contributed by atoms with Crippen molar-refractivity contribution in [3.05, 3.63) is 101 Å². The zero-order valence-corrected chi connectivity index (χ0v) is 19.2. The van der Waals surface area contributed by atoms with E-state index in [1.165, 1.54) is 16.7 Å². The maximum atomic E-state index is 5.05. The maximum absolute atomic E-state index is 5.05. The molecule has 2 nitrogen and oxygen atoms in total. The van der Waals surface area contributed by atoms with Gasteiger partial charge < -0.3 is 0 Å². The van der Waals surface area contributed by atoms with Crippen LogP contribution in [0.15, 0.2) is 84.0 Å². The summed E-state index contributed by atoms with van der Waals surface area (Å²) in [6.07, 6.45) is 0.887. The number of hydrogen-bond acceptors (Lipinski definition) is 2. The molecule has 30 heavy (non-hydrogen) atoms. The molecule has 3 heteroatoms. The number of anilines is 1. The van der Waals surface area contributed by atoms with Crippen LogP contribution in [0.4, 0.5) is 5.69 Å². The van der Waals surface area contributed by atoms with Gasteiger partial charge in [-0.2, -0.15) is 5.10 Å². The van der Waals surface area contributed by atoms with Gasteiger partial charge in [-0.25, -0.2) is 0 Å². The fraction of sp³-hybridized carbons (Fsp3) is 0.222. The van der Waals surface area contributed by atoms with Crippen molar-refractivity contribution in [2.24, 2.45) is 5.10 Å². The Balaban J connectivity index is 1.65. The molecule has 1 aliphatic heterocycles. The molecule has 1 heterocycles. The van der Waals surface area contributed by atoms with E-state index in [4.69, 9.17) is 5.10 Å². The molecule has 0 radical (unpaired) electrons. The predicted molar refractivity (Wildman–Crippen MR) is 131 cm³/mol. The molecular formula is C27H28N2Si. The van der Waals surface area contributed by atoms with Crippen molar-refractivity contribution in [2.45, 2.75) is 39.0 Å². The van der Waals surface area contributed by atoms with E-state index in [2.05, 4.69) is 122 Å². The van der Waals surface area contributed by atoms with Crippen LogP contribution in [0.1, 0.15) is 34.7 Å². The molecule has 0 aliphatic carbocycles. The second-order valence-electron chi connectivity index (χ2n) is 8.93. The first-order valence-electron chi connectivity index (χ1n) is 10.5. The zero-order valence-electron chi connectivity index (χ0n) is 18.2. The first-order chi connectivity index (χ1) is 14.4. The van der Waals surface area contributed by atoms with Gasteiger partial charge in [-0.3, -0.25) is 5.01 Å². The predicted octanol–water partition coefficient (Wildman–Crippen LogP) is 6.58. The van der Waals surface area contributed by atoms with Crippen molar-refractivity contribution in [2.75, 3.05) is 5.01 Å². The lowest BCUT2D eigenvalue weighted by atomic mass is 9.97. The van der Waals surface area contributed by atoms with Crippen LogP contribution < -0.4 is 5.01 Å². The molecule has 0 saturated heterocycles. The van der Waals surface area contributed by atoms with Crippen molar-refractivity contribution in [3.63, 3.8) is 0 Å². The Bertz CT molecular complexity index is 1100. The van der Waals surface area contributed by atoms with Crippen LogP contribution in [-0.2, 0) is 0 Å². The topological polar surface area (TPSA) is 15.6 Å². The Morgan fingerprint density at radius 1 is 0.867 bits per heavy atom. The molecule has 3 aromatic rings. The summed E-state index contributed by atoms with van der Waals surface area (Å²) in [4.78, 5) is 0. The fourth-order valence-corrected chi connectivity index (χ4v) is 4.08. The van der Waals surface area contributed by atoms with Crippen LogP contribution in [0.5, 0.6) is 0 Å². The van der Waals surface area contributed by atoms with Crippen LogP contribution in [0.2, 0.25) is 19.6 Å². The highest BCUT2D eigenvalue weighted by Crippen LogP contribution is 2.36. The highest BCUT2D eigenvalue weighted by atomic mass is 28.3. The lowest BCUT2D eigenvalue weighted by Crippen LogP contribution is -2.18. The minimum atomic E-state index is -1.37. The molecule has 1 atom stereocenters. The summed E-state index contributed by atoms with van der Waals surface area (Å²) >= 11 is 0. The molecule has 4 rings (SSSR count). The summed E-state index contributed by atoms with van der Waals surface area (Å²) in [7, 11) is -1.37. The molecular weight excluding hydrogens is 380 g/mol. The van der Waals surface area contributed by atoms with Gasteiger partial charge >= 0.3 is 0 Å². The van der Waals surface area contributed by atoms with Gasteiger partial charge in [0, 0.05) is 12.0 Å². The molecule has 0 N–H and O–H groups in total. The van der Waals surface area contributed by atoms with Crippen LogP contribution in [-0.4, -0.2) is 13.8 Å². The SMILES string of the molecule is Cc1ccc(N2N=C(c3ccc(C#C[Si](C)(C)C)cc3)CC2c2ccccc2)cc1. The van der Waals surface area contributed by atoms with Crippen LogP contribution in [0, 0.1) is 18.4 Å². The summed E-state index contributed by atoms with van der Waals surface area (Å²) in [6.45, 7) is 8.92. The average Bonchev–Trinajstić information content (AvgIpc) is 3.19. The fourth-order valence-electron chi connectivity index (χ4n) is 3.56. The van der Waals surface area contributed by atoms with E-state index in [1.807, 2.05) is 0 Å². The third-order valence-electron chi connectivity index (χ3n) is 5.19. The quantitative estimate of drug-likeness (QED) is 0.353. The number of hydrogen-bond donors (Lipinski definition) is 0. The van der Waals surface area contributed by atoms with Crippen molar-refractivity contribution >= 4 is 19.5 Å². The number of benzene rings is 3. The van der Waals surface area contributed by atoms with Crippen LogP contribution in [0.3, 0.4) is 0 Å². The number of rotatable bonds is 3. The molecule has 0 spiro atoms. The zero-order chi connectivity index (χ0) is 21.1. The summed E-state index contributed by atoms with van der Waals surface area (Å²) in [5.41, 5.74) is 10.5. The average molecular weight is 409 g/mol. The highest BCUT2D eigenvalue weighted by Gasteiger charge is 2.29. The summed E-state index contributed by atoms with van der Waals surface area (Å²) in [5.74, 6) is 3.34.